The van der Waals surface area contributed by atoms with E-state index in [4.69, 9.17) is 4.74 Å². The Morgan fingerprint density at radius 1 is 1.44 bits per heavy atom. The van der Waals surface area contributed by atoms with Gasteiger partial charge in [0.05, 0.1) is 6.61 Å². The molecule has 2 amide bonds. The highest BCUT2D eigenvalue weighted by atomic mass is 16.5. The van der Waals surface area contributed by atoms with E-state index >= 15 is 0 Å². The van der Waals surface area contributed by atoms with Crippen molar-refractivity contribution in [2.75, 3.05) is 46.9 Å². The molecule has 2 N–H and O–H groups in total. The van der Waals surface area contributed by atoms with Crippen LogP contribution in [0.4, 0.5) is 4.79 Å². The first kappa shape index (κ1) is 13.3. The number of ether oxygens (including phenoxy) is 1. The predicted octanol–water partition coefficient (Wildman–Crippen LogP) is 0.274. The van der Waals surface area contributed by atoms with Crippen molar-refractivity contribution in [2.45, 2.75) is 12.8 Å². The van der Waals surface area contributed by atoms with Crippen LogP contribution in [-0.2, 0) is 4.74 Å². The molecule has 5 heteroatoms. The molecule has 1 rings (SSSR count). The molecule has 1 unspecified atom stereocenters. The average Bonchev–Trinajstić information content (AvgIpc) is 2.29. The summed E-state index contributed by atoms with van der Waals surface area (Å²) in [6, 6.07) is -0.0391. The number of carbonyl (C=O) groups excluding carboxylic acids is 1. The second-order valence-electron chi connectivity index (χ2n) is 4.41. The maximum atomic E-state index is 11.2. The fourth-order valence-corrected chi connectivity index (χ4v) is 1.69. The van der Waals surface area contributed by atoms with E-state index in [0.29, 0.717) is 12.5 Å². The van der Waals surface area contributed by atoms with Crippen molar-refractivity contribution in [2.24, 2.45) is 5.92 Å². The number of urea groups is 1. The summed E-state index contributed by atoms with van der Waals surface area (Å²) in [7, 11) is 3.48. The highest BCUT2D eigenvalue weighted by Gasteiger charge is 2.12. The fourth-order valence-electron chi connectivity index (χ4n) is 1.69. The summed E-state index contributed by atoms with van der Waals surface area (Å²) in [5.41, 5.74) is 0. The summed E-state index contributed by atoms with van der Waals surface area (Å²) in [4.78, 5) is 12.7. The summed E-state index contributed by atoms with van der Waals surface area (Å²) < 4.78 is 5.39. The molecule has 1 heterocycles. The second-order valence-corrected chi connectivity index (χ2v) is 4.41. The van der Waals surface area contributed by atoms with Gasteiger partial charge in [0.25, 0.3) is 0 Å². The van der Waals surface area contributed by atoms with Crippen LogP contribution in [0.3, 0.4) is 0 Å². The molecular weight excluding hydrogens is 206 g/mol. The van der Waals surface area contributed by atoms with Crippen LogP contribution in [-0.4, -0.2) is 57.9 Å². The predicted molar refractivity (Wildman–Crippen MR) is 63.5 cm³/mol. The Morgan fingerprint density at radius 3 is 2.88 bits per heavy atom. The molecule has 0 spiro atoms. The lowest BCUT2D eigenvalue weighted by Crippen LogP contribution is -2.39. The second kappa shape index (κ2) is 7.46. The maximum absolute atomic E-state index is 11.2. The Hall–Kier alpha value is -0.810. The number of nitrogens with one attached hydrogen (secondary N) is 2. The minimum absolute atomic E-state index is 0.0391. The molecule has 0 saturated carbocycles. The Balaban J connectivity index is 1.93. The van der Waals surface area contributed by atoms with Crippen molar-refractivity contribution in [3.05, 3.63) is 0 Å². The average molecular weight is 229 g/mol. The Morgan fingerprint density at radius 2 is 2.25 bits per heavy atom. The number of hydrogen-bond donors (Lipinski definition) is 2. The molecule has 0 radical (unpaired) electrons. The fraction of sp³-hybridized carbons (Fsp3) is 0.909. The molecule has 0 aromatic rings. The van der Waals surface area contributed by atoms with Gasteiger partial charge in [-0.2, -0.15) is 0 Å². The van der Waals surface area contributed by atoms with E-state index in [1.165, 1.54) is 17.7 Å². The highest BCUT2D eigenvalue weighted by Crippen LogP contribution is 2.11. The van der Waals surface area contributed by atoms with Gasteiger partial charge in [-0.15, -0.1) is 0 Å². The largest absolute Gasteiger partial charge is 0.381 e. The first-order chi connectivity index (χ1) is 7.70. The number of rotatable bonds is 5. The van der Waals surface area contributed by atoms with Crippen molar-refractivity contribution >= 4 is 6.03 Å². The highest BCUT2D eigenvalue weighted by molar-refractivity contribution is 5.73. The zero-order chi connectivity index (χ0) is 11.8. The summed E-state index contributed by atoms with van der Waals surface area (Å²) >= 11 is 0. The van der Waals surface area contributed by atoms with Gasteiger partial charge in [-0.25, -0.2) is 4.79 Å². The zero-order valence-corrected chi connectivity index (χ0v) is 10.3. The quantitative estimate of drug-likeness (QED) is 0.666. The molecule has 1 saturated heterocycles. The van der Waals surface area contributed by atoms with Crippen LogP contribution < -0.4 is 10.6 Å². The standard InChI is InChI=1S/C11H23N3O2/c1-14(2)11(15)13-6-5-12-8-10-4-3-7-16-9-10/h10,12H,3-9H2,1-2H3,(H,13,15). The van der Waals surface area contributed by atoms with Crippen molar-refractivity contribution in [3.63, 3.8) is 0 Å². The molecule has 0 bridgehead atoms. The summed E-state index contributed by atoms with van der Waals surface area (Å²) in [5, 5.41) is 6.15. The van der Waals surface area contributed by atoms with Crippen LogP contribution in [0.1, 0.15) is 12.8 Å². The van der Waals surface area contributed by atoms with Gasteiger partial charge in [-0.05, 0) is 18.8 Å². The Labute approximate surface area is 97.5 Å². The van der Waals surface area contributed by atoms with Crippen LogP contribution in [0.15, 0.2) is 0 Å². The molecule has 94 valence electrons. The molecule has 1 fully saturated rings. The zero-order valence-electron chi connectivity index (χ0n) is 10.3. The third-order valence-corrected chi connectivity index (χ3v) is 2.67. The van der Waals surface area contributed by atoms with Gasteiger partial charge in [0.2, 0.25) is 0 Å². The van der Waals surface area contributed by atoms with Gasteiger partial charge >= 0.3 is 6.03 Å². The minimum Gasteiger partial charge on any atom is -0.381 e. The number of carbonyl (C=O) groups is 1. The van der Waals surface area contributed by atoms with E-state index in [-0.39, 0.29) is 6.03 Å². The van der Waals surface area contributed by atoms with Gasteiger partial charge in [0.1, 0.15) is 0 Å². The summed E-state index contributed by atoms with van der Waals surface area (Å²) in [6.45, 7) is 4.25. The molecule has 16 heavy (non-hydrogen) atoms. The van der Waals surface area contributed by atoms with Gasteiger partial charge in [-0.1, -0.05) is 0 Å². The third-order valence-electron chi connectivity index (χ3n) is 2.67. The molecule has 1 aliphatic rings. The Bertz CT molecular complexity index is 203. The molecular formula is C11H23N3O2. The van der Waals surface area contributed by atoms with E-state index in [1.807, 2.05) is 0 Å². The van der Waals surface area contributed by atoms with Crippen LogP contribution >= 0.6 is 0 Å². The smallest absolute Gasteiger partial charge is 0.316 e. The van der Waals surface area contributed by atoms with E-state index in [0.717, 1.165) is 26.3 Å². The monoisotopic (exact) mass is 229 g/mol. The van der Waals surface area contributed by atoms with Crippen molar-refractivity contribution < 1.29 is 9.53 Å². The van der Waals surface area contributed by atoms with Gasteiger partial charge < -0.3 is 20.3 Å². The first-order valence-corrected chi connectivity index (χ1v) is 5.93. The van der Waals surface area contributed by atoms with Crippen LogP contribution in [0.5, 0.6) is 0 Å². The SMILES string of the molecule is CN(C)C(=O)NCCNCC1CCCOC1. The van der Waals surface area contributed by atoms with E-state index in [9.17, 15) is 4.79 Å². The van der Waals surface area contributed by atoms with Crippen molar-refractivity contribution in [1.29, 1.82) is 0 Å². The van der Waals surface area contributed by atoms with Crippen LogP contribution in [0.2, 0.25) is 0 Å². The van der Waals surface area contributed by atoms with E-state index in [1.54, 1.807) is 14.1 Å². The molecule has 0 aliphatic carbocycles. The van der Waals surface area contributed by atoms with Gasteiger partial charge in [-0.3, -0.25) is 0 Å². The number of amides is 2. The minimum atomic E-state index is -0.0391. The molecule has 1 atom stereocenters. The van der Waals surface area contributed by atoms with Crippen LogP contribution in [0, 0.1) is 5.92 Å². The topological polar surface area (TPSA) is 53.6 Å². The van der Waals surface area contributed by atoms with E-state index in [2.05, 4.69) is 10.6 Å². The molecule has 1 aliphatic heterocycles. The summed E-state index contributed by atoms with van der Waals surface area (Å²) in [5.74, 6) is 0.637. The maximum Gasteiger partial charge on any atom is 0.316 e. The number of nitrogens with zero attached hydrogens (tertiary/aromatic N) is 1. The first-order valence-electron chi connectivity index (χ1n) is 5.93. The van der Waals surface area contributed by atoms with Crippen molar-refractivity contribution in [1.82, 2.24) is 15.5 Å². The lowest BCUT2D eigenvalue weighted by atomic mass is 10.0. The van der Waals surface area contributed by atoms with Crippen molar-refractivity contribution in [3.8, 4) is 0 Å². The molecule has 5 nitrogen and oxygen atoms in total. The molecule has 0 aromatic carbocycles. The normalized spacial score (nSPS) is 20.5. The third kappa shape index (κ3) is 5.32. The molecule has 0 aromatic heterocycles. The lowest BCUT2D eigenvalue weighted by Gasteiger charge is -2.22. The van der Waals surface area contributed by atoms with Crippen LogP contribution in [0.25, 0.3) is 0 Å². The van der Waals surface area contributed by atoms with E-state index < -0.39 is 0 Å². The lowest BCUT2D eigenvalue weighted by molar-refractivity contribution is 0.0550. The van der Waals surface area contributed by atoms with Gasteiger partial charge in [0.15, 0.2) is 0 Å². The summed E-state index contributed by atoms with van der Waals surface area (Å²) in [6.07, 6.45) is 2.42. The van der Waals surface area contributed by atoms with Gasteiger partial charge in [0, 0.05) is 40.3 Å². The number of hydrogen-bond acceptors (Lipinski definition) is 3. The Kier molecular flexibility index (Phi) is 6.18.